The van der Waals surface area contributed by atoms with E-state index in [2.05, 4.69) is 9.69 Å². The van der Waals surface area contributed by atoms with Gasteiger partial charge in [-0.1, -0.05) is 42.6 Å². The summed E-state index contributed by atoms with van der Waals surface area (Å²) >= 11 is 7.10. The number of nitrogens with two attached hydrogens (primary N) is 2. The number of nitrogens with zero attached hydrogens (tertiary/aromatic N) is 2. The van der Waals surface area contributed by atoms with Gasteiger partial charge in [-0.15, -0.1) is 0 Å². The van der Waals surface area contributed by atoms with E-state index in [0.29, 0.717) is 27.8 Å². The molecule has 0 saturated heterocycles. The Morgan fingerprint density at radius 2 is 1.83 bits per heavy atom. The van der Waals surface area contributed by atoms with Crippen molar-refractivity contribution < 1.29 is 18.8 Å². The molecule has 1 fully saturated rings. The van der Waals surface area contributed by atoms with Gasteiger partial charge in [-0.25, -0.2) is 4.39 Å². The number of hydrogen-bond acceptors (Lipinski definition) is 6. The van der Waals surface area contributed by atoms with Crippen LogP contribution in [-0.2, 0) is 4.79 Å². The Balaban J connectivity index is 1.87. The molecule has 0 unspecified atom stereocenters. The molecule has 0 aliphatic heterocycles. The third-order valence-corrected chi connectivity index (χ3v) is 7.46. The van der Waals surface area contributed by atoms with Crippen molar-refractivity contribution in [3.05, 3.63) is 75.0 Å². The Morgan fingerprint density at radius 3 is 2.42 bits per heavy atom. The maximum atomic E-state index is 14.0. The van der Waals surface area contributed by atoms with E-state index in [9.17, 15) is 18.8 Å². The Hall–Kier alpha value is -3.50. The summed E-state index contributed by atoms with van der Waals surface area (Å²) in [6.45, 7) is 1.81. The van der Waals surface area contributed by atoms with E-state index >= 15 is 0 Å². The summed E-state index contributed by atoms with van der Waals surface area (Å²) in [5, 5.41) is 3.42. The molecule has 4 rings (SSSR count). The van der Waals surface area contributed by atoms with Crippen LogP contribution >= 0.6 is 23.1 Å². The van der Waals surface area contributed by atoms with Crippen LogP contribution in [0, 0.1) is 12.7 Å². The summed E-state index contributed by atoms with van der Waals surface area (Å²) in [6.07, 6.45) is 3.65. The molecule has 1 aromatic heterocycles. The highest BCUT2D eigenvalue weighted by Crippen LogP contribution is 2.35. The zero-order chi connectivity index (χ0) is 26.0. The highest BCUT2D eigenvalue weighted by atomic mass is 35.5. The molecule has 1 saturated carbocycles. The van der Waals surface area contributed by atoms with Gasteiger partial charge in [0.15, 0.2) is 5.69 Å². The molecular formula is C25H25ClFN5O3S. The molecule has 5 N–H and O–H groups in total. The number of carbonyl (C=O) groups is 3. The van der Waals surface area contributed by atoms with E-state index in [1.165, 1.54) is 29.2 Å². The number of rotatable bonds is 7. The van der Waals surface area contributed by atoms with Crippen molar-refractivity contribution in [2.24, 2.45) is 5.73 Å². The molecule has 0 bridgehead atoms. The fourth-order valence-corrected chi connectivity index (χ4v) is 5.18. The van der Waals surface area contributed by atoms with Crippen molar-refractivity contribution in [2.75, 3.05) is 10.6 Å². The first-order valence-corrected chi connectivity index (χ1v) is 12.5. The molecule has 0 radical (unpaired) electrons. The fraction of sp³-hybridized carbons (Fsp3) is 0.280. The molecule has 1 heterocycles. The second-order valence-electron chi connectivity index (χ2n) is 8.69. The smallest absolute Gasteiger partial charge is 0.273 e. The van der Waals surface area contributed by atoms with Gasteiger partial charge in [-0.2, -0.15) is 4.37 Å². The lowest BCUT2D eigenvalue weighted by molar-refractivity contribution is -0.123. The molecule has 36 heavy (non-hydrogen) atoms. The average molecular weight is 530 g/mol. The van der Waals surface area contributed by atoms with Crippen molar-refractivity contribution in [1.82, 2.24) is 9.69 Å². The van der Waals surface area contributed by atoms with Crippen LogP contribution in [-0.4, -0.2) is 28.1 Å². The van der Waals surface area contributed by atoms with E-state index in [1.54, 1.807) is 18.2 Å². The molecule has 8 nitrogen and oxygen atoms in total. The van der Waals surface area contributed by atoms with Gasteiger partial charge in [-0.05, 0) is 66.7 Å². The van der Waals surface area contributed by atoms with Crippen molar-refractivity contribution >= 4 is 52.2 Å². The van der Waals surface area contributed by atoms with E-state index in [0.717, 1.165) is 31.2 Å². The number of halogens is 2. The minimum Gasteiger partial charge on any atom is -0.395 e. The first-order valence-electron chi connectivity index (χ1n) is 11.4. The van der Waals surface area contributed by atoms with E-state index < -0.39 is 29.6 Å². The van der Waals surface area contributed by atoms with Crippen molar-refractivity contribution in [3.8, 4) is 0 Å². The van der Waals surface area contributed by atoms with Crippen LogP contribution in [0.2, 0.25) is 5.02 Å². The number of benzene rings is 2. The highest BCUT2D eigenvalue weighted by molar-refractivity contribution is 7.09. The Morgan fingerprint density at radius 1 is 1.17 bits per heavy atom. The van der Waals surface area contributed by atoms with Gasteiger partial charge in [0.05, 0.1) is 5.69 Å². The largest absolute Gasteiger partial charge is 0.395 e. The van der Waals surface area contributed by atoms with Gasteiger partial charge in [0.2, 0.25) is 5.91 Å². The normalized spacial score (nSPS) is 14.4. The second-order valence-corrected chi connectivity index (χ2v) is 9.87. The van der Waals surface area contributed by atoms with Gasteiger partial charge in [0.1, 0.15) is 16.7 Å². The minimum absolute atomic E-state index is 0.0334. The van der Waals surface area contributed by atoms with Crippen LogP contribution in [0.5, 0.6) is 0 Å². The van der Waals surface area contributed by atoms with E-state index in [-0.39, 0.29) is 22.3 Å². The van der Waals surface area contributed by atoms with E-state index in [1.807, 2.05) is 6.92 Å². The first kappa shape index (κ1) is 25.6. The summed E-state index contributed by atoms with van der Waals surface area (Å²) in [7, 11) is 0. The van der Waals surface area contributed by atoms with Gasteiger partial charge in [-0.3, -0.25) is 19.3 Å². The third-order valence-electron chi connectivity index (χ3n) is 6.20. The molecule has 1 aliphatic carbocycles. The summed E-state index contributed by atoms with van der Waals surface area (Å²) in [5.41, 5.74) is 12.5. The van der Waals surface area contributed by atoms with Gasteiger partial charge < -0.3 is 16.8 Å². The number of aryl methyl sites for hydroxylation is 1. The van der Waals surface area contributed by atoms with Crippen LogP contribution in [0.25, 0.3) is 0 Å². The molecule has 3 amide bonds. The van der Waals surface area contributed by atoms with Crippen LogP contribution < -0.4 is 21.7 Å². The lowest BCUT2D eigenvalue weighted by Gasteiger charge is -2.32. The molecule has 3 aromatic rings. The molecular weight excluding hydrogens is 505 g/mol. The number of nitrogen functional groups attached to an aromatic ring is 1. The molecule has 0 spiro atoms. The maximum Gasteiger partial charge on any atom is 0.273 e. The summed E-state index contributed by atoms with van der Waals surface area (Å²) < 4.78 is 17.7. The SMILES string of the molecule is Cc1ccc(N(C(=O)c2snc(C(N)=O)c2N)[C@H](C(=O)NC2CCCC2)c2ccc(F)cc2)cc1Cl. The monoisotopic (exact) mass is 529 g/mol. The van der Waals surface area contributed by atoms with Crippen molar-refractivity contribution in [2.45, 2.75) is 44.7 Å². The number of carbonyl (C=O) groups excluding carboxylic acids is 3. The zero-order valence-electron chi connectivity index (χ0n) is 19.5. The summed E-state index contributed by atoms with van der Waals surface area (Å²) in [4.78, 5) is 40.6. The minimum atomic E-state index is -1.18. The molecule has 1 aliphatic rings. The predicted octanol–water partition coefficient (Wildman–Crippen LogP) is 4.37. The van der Waals surface area contributed by atoms with Crippen molar-refractivity contribution in [1.29, 1.82) is 0 Å². The second kappa shape index (κ2) is 10.6. The van der Waals surface area contributed by atoms with Crippen molar-refractivity contribution in [3.63, 3.8) is 0 Å². The number of primary amides is 1. The summed E-state index contributed by atoms with van der Waals surface area (Å²) in [5.74, 6) is -2.46. The fourth-order valence-electron chi connectivity index (χ4n) is 4.27. The quantitative estimate of drug-likeness (QED) is 0.418. The predicted molar refractivity (Wildman–Crippen MR) is 138 cm³/mol. The number of nitrogens with one attached hydrogen (secondary N) is 1. The van der Waals surface area contributed by atoms with Gasteiger partial charge in [0, 0.05) is 16.8 Å². The molecule has 1 atom stereocenters. The van der Waals surface area contributed by atoms with Crippen LogP contribution in [0.3, 0.4) is 0 Å². The number of hydrogen-bond donors (Lipinski definition) is 3. The number of anilines is 2. The Bertz CT molecular complexity index is 1310. The highest BCUT2D eigenvalue weighted by Gasteiger charge is 2.37. The Labute approximate surface area is 216 Å². The third kappa shape index (κ3) is 5.19. The standard InChI is InChI=1S/C25H25ClFN5O3S/c1-13-6-11-17(12-18(13)26)32(25(35)22-19(28)20(23(29)33)31-36-22)21(14-7-9-15(27)10-8-14)24(34)30-16-4-2-3-5-16/h6-12,16,21H,2-5,28H2,1H3,(H2,29,33)(H,30,34)/t21-/m0/s1. The molecule has 11 heteroatoms. The van der Waals surface area contributed by atoms with Crippen LogP contribution in [0.1, 0.15) is 63.0 Å². The Kier molecular flexibility index (Phi) is 7.56. The van der Waals surface area contributed by atoms with Gasteiger partial charge >= 0.3 is 0 Å². The van der Waals surface area contributed by atoms with Crippen LogP contribution in [0.15, 0.2) is 42.5 Å². The van der Waals surface area contributed by atoms with Crippen LogP contribution in [0.4, 0.5) is 15.8 Å². The molecule has 2 aromatic carbocycles. The topological polar surface area (TPSA) is 131 Å². The maximum absolute atomic E-state index is 14.0. The number of aromatic nitrogens is 1. The lowest BCUT2D eigenvalue weighted by atomic mass is 10.0. The summed E-state index contributed by atoms with van der Waals surface area (Å²) in [6, 6.07) is 9.09. The molecule has 188 valence electrons. The number of amides is 3. The van der Waals surface area contributed by atoms with E-state index in [4.69, 9.17) is 23.1 Å². The zero-order valence-corrected chi connectivity index (χ0v) is 21.0. The van der Waals surface area contributed by atoms with Gasteiger partial charge in [0.25, 0.3) is 11.8 Å². The first-order chi connectivity index (χ1) is 17.2. The average Bonchev–Trinajstić information content (AvgIpc) is 3.49. The lowest BCUT2D eigenvalue weighted by Crippen LogP contribution is -2.46.